The van der Waals surface area contributed by atoms with Crippen molar-refractivity contribution < 1.29 is 56.1 Å². The van der Waals surface area contributed by atoms with E-state index in [1.54, 1.807) is 49.2 Å². The predicted molar refractivity (Wildman–Crippen MR) is 290 cm³/mol. The first kappa shape index (κ1) is 59.2. The van der Waals surface area contributed by atoms with Gasteiger partial charge in [0.05, 0.1) is 51.4 Å². The molecule has 1 aromatic heterocycles. The van der Waals surface area contributed by atoms with Crippen LogP contribution in [0.3, 0.4) is 0 Å². The standard InChI is InChI=1S/C58H70F3N9O9/c1-39(62-2)53(71)68-51(42-18-10-5-11-19-42)57(75)70-29-13-22-48(70)55(73)69-52(50(40-14-6-3-7-15-40)41-16-8-4-9-17-41)56(74)64-28-31-77-33-35-78-34-32-76-30-27-63-54(72)44-21-12-20-43(36-44)47-37-49(66-38-65-47)67-45-23-25-46(26-24-45)79-58(59,60)61/h3-4,6-9,12,14-17,20-21,23-26,36-39,42,48,50-52,62H,5,10-11,13,18-19,22,27-35H2,1-2H3,(H,63,72)(H,64,74)(H,68,71)(H,69,73)(H,65,66,67). The van der Waals surface area contributed by atoms with Crippen LogP contribution >= 0.6 is 0 Å². The average Bonchev–Trinajstić information content (AvgIpc) is 4.01. The topological polar surface area (TPSA) is 223 Å². The minimum absolute atomic E-state index is 0.0427. The quantitative estimate of drug-likeness (QED) is 0.0289. The summed E-state index contributed by atoms with van der Waals surface area (Å²) < 4.78 is 58.6. The predicted octanol–water partition coefficient (Wildman–Crippen LogP) is 6.66. The molecule has 2 heterocycles. The smallest absolute Gasteiger partial charge is 0.406 e. The second kappa shape index (κ2) is 30.1. The van der Waals surface area contributed by atoms with Crippen LogP contribution in [0.4, 0.5) is 24.7 Å². The molecule has 0 bridgehead atoms. The normalized spacial score (nSPS) is 15.9. The van der Waals surface area contributed by atoms with Crippen molar-refractivity contribution in [1.82, 2.24) is 41.5 Å². The van der Waals surface area contributed by atoms with Crippen LogP contribution in [-0.4, -0.2) is 141 Å². The maximum absolute atomic E-state index is 14.5. The Labute approximate surface area is 458 Å². The lowest BCUT2D eigenvalue weighted by molar-refractivity contribution is -0.274. The van der Waals surface area contributed by atoms with Gasteiger partial charge in [-0.25, -0.2) is 9.97 Å². The van der Waals surface area contributed by atoms with Crippen molar-refractivity contribution in [3.8, 4) is 17.0 Å². The van der Waals surface area contributed by atoms with Gasteiger partial charge in [0.15, 0.2) is 0 Å². The Balaban J connectivity index is 0.838. The fourth-order valence-corrected chi connectivity index (χ4v) is 9.72. The maximum atomic E-state index is 14.5. The van der Waals surface area contributed by atoms with Crippen LogP contribution < -0.4 is 36.6 Å². The zero-order valence-electron chi connectivity index (χ0n) is 44.5. The molecule has 4 unspecified atom stereocenters. The Bertz CT molecular complexity index is 2700. The largest absolute Gasteiger partial charge is 0.573 e. The number of aromatic nitrogens is 2. The number of amides is 5. The molecular formula is C58H70F3N9O9. The molecule has 21 heteroatoms. The summed E-state index contributed by atoms with van der Waals surface area (Å²) in [7, 11) is 1.69. The maximum Gasteiger partial charge on any atom is 0.573 e. The highest BCUT2D eigenvalue weighted by Gasteiger charge is 2.43. The summed E-state index contributed by atoms with van der Waals surface area (Å²) in [6, 6.07) is 29.6. The first-order valence-corrected chi connectivity index (χ1v) is 26.8. The van der Waals surface area contributed by atoms with E-state index in [2.05, 4.69) is 46.6 Å². The summed E-state index contributed by atoms with van der Waals surface area (Å²) in [5.41, 5.74) is 3.67. The summed E-state index contributed by atoms with van der Waals surface area (Å²) in [6.45, 7) is 3.96. The van der Waals surface area contributed by atoms with Crippen molar-refractivity contribution in [2.45, 2.75) is 88.3 Å². The first-order chi connectivity index (χ1) is 38.3. The van der Waals surface area contributed by atoms with Crippen molar-refractivity contribution in [2.24, 2.45) is 5.92 Å². The fraction of sp³-hybridized carbons (Fsp3) is 0.431. The summed E-state index contributed by atoms with van der Waals surface area (Å²) in [5, 5.41) is 17.9. The van der Waals surface area contributed by atoms with Gasteiger partial charge >= 0.3 is 6.36 Å². The van der Waals surface area contributed by atoms with Gasteiger partial charge < -0.3 is 55.7 Å². The van der Waals surface area contributed by atoms with E-state index in [-0.39, 0.29) is 82.1 Å². The van der Waals surface area contributed by atoms with E-state index in [0.717, 1.165) is 43.2 Å². The number of benzene rings is 4. The molecule has 1 aliphatic heterocycles. The Morgan fingerprint density at radius 2 is 1.32 bits per heavy atom. The first-order valence-electron chi connectivity index (χ1n) is 26.8. The molecule has 0 spiro atoms. The van der Waals surface area contributed by atoms with Crippen molar-refractivity contribution in [3.63, 3.8) is 0 Å². The third-order valence-corrected chi connectivity index (χ3v) is 13.9. The number of carbonyl (C=O) groups excluding carboxylic acids is 5. The van der Waals surface area contributed by atoms with E-state index in [0.29, 0.717) is 47.7 Å². The molecular weight excluding hydrogens is 1020 g/mol. The fourth-order valence-electron chi connectivity index (χ4n) is 9.72. The van der Waals surface area contributed by atoms with E-state index >= 15 is 0 Å². The van der Waals surface area contributed by atoms with Gasteiger partial charge in [0.25, 0.3) is 5.91 Å². The number of likely N-dealkylation sites (N-methyl/N-ethyl adjacent to an activating group) is 1. The summed E-state index contributed by atoms with van der Waals surface area (Å²) >= 11 is 0. The molecule has 4 atom stereocenters. The van der Waals surface area contributed by atoms with Crippen LogP contribution in [0, 0.1) is 5.92 Å². The molecule has 1 aliphatic carbocycles. The number of hydrogen-bond donors (Lipinski definition) is 6. The van der Waals surface area contributed by atoms with E-state index < -0.39 is 48.3 Å². The van der Waals surface area contributed by atoms with Crippen LogP contribution in [0.15, 0.2) is 122 Å². The lowest BCUT2D eigenvalue weighted by Crippen LogP contribution is -2.59. The highest BCUT2D eigenvalue weighted by atomic mass is 19.4. The monoisotopic (exact) mass is 1090 g/mol. The molecule has 1 saturated heterocycles. The Hall–Kier alpha value is -7.46. The number of carbonyl (C=O) groups is 5. The SMILES string of the molecule is CNC(C)C(=O)NC(C(=O)N1CCCC1C(=O)NC(C(=O)NCCOCCOCCOCCNC(=O)c1cccc(-c2cc(Nc3ccc(OC(F)(F)F)cc3)ncn2)c1)C(c1ccccc1)c1ccccc1)C1CCCCC1. The Morgan fingerprint density at radius 1 is 0.684 bits per heavy atom. The van der Waals surface area contributed by atoms with Gasteiger partial charge in [0, 0.05) is 48.4 Å². The van der Waals surface area contributed by atoms with Gasteiger partial charge in [-0.15, -0.1) is 13.2 Å². The van der Waals surface area contributed by atoms with Gasteiger partial charge in [-0.1, -0.05) is 92.1 Å². The van der Waals surface area contributed by atoms with Gasteiger partial charge in [-0.3, -0.25) is 24.0 Å². The highest BCUT2D eigenvalue weighted by molar-refractivity contribution is 5.96. The van der Waals surface area contributed by atoms with Crippen molar-refractivity contribution in [2.75, 3.05) is 71.6 Å². The molecule has 2 fully saturated rings. The average molecular weight is 1090 g/mol. The molecule has 0 radical (unpaired) electrons. The second-order valence-electron chi connectivity index (χ2n) is 19.3. The Morgan fingerprint density at radius 3 is 1.95 bits per heavy atom. The van der Waals surface area contributed by atoms with Crippen molar-refractivity contribution in [1.29, 1.82) is 0 Å². The molecule has 18 nitrogen and oxygen atoms in total. The molecule has 5 aromatic rings. The van der Waals surface area contributed by atoms with Gasteiger partial charge in [-0.2, -0.15) is 0 Å². The van der Waals surface area contributed by atoms with Crippen LogP contribution in [0.25, 0.3) is 11.3 Å². The molecule has 5 amide bonds. The molecule has 1 saturated carbocycles. The highest BCUT2D eigenvalue weighted by Crippen LogP contribution is 2.32. The van der Waals surface area contributed by atoms with E-state index in [4.69, 9.17) is 14.2 Å². The lowest BCUT2D eigenvalue weighted by Gasteiger charge is -2.36. The number of ether oxygens (including phenoxy) is 4. The van der Waals surface area contributed by atoms with Crippen molar-refractivity contribution >= 4 is 41.0 Å². The zero-order valence-corrected chi connectivity index (χ0v) is 44.5. The van der Waals surface area contributed by atoms with Gasteiger partial charge in [0.2, 0.25) is 23.6 Å². The summed E-state index contributed by atoms with van der Waals surface area (Å²) in [5.74, 6) is -2.29. The minimum Gasteiger partial charge on any atom is -0.406 e. The number of nitrogens with one attached hydrogen (secondary N) is 6. The molecule has 79 heavy (non-hydrogen) atoms. The number of halogens is 3. The minimum atomic E-state index is -4.79. The zero-order chi connectivity index (χ0) is 56.0. The summed E-state index contributed by atoms with van der Waals surface area (Å²) in [4.78, 5) is 79.6. The van der Waals surface area contributed by atoms with Crippen LogP contribution in [0.2, 0.25) is 0 Å². The molecule has 422 valence electrons. The van der Waals surface area contributed by atoms with Gasteiger partial charge in [-0.05, 0) is 93.1 Å². The van der Waals surface area contributed by atoms with E-state index in [9.17, 15) is 37.1 Å². The van der Waals surface area contributed by atoms with E-state index in [1.807, 2.05) is 60.7 Å². The molecule has 2 aliphatic rings. The lowest BCUT2D eigenvalue weighted by atomic mass is 9.83. The molecule has 4 aromatic carbocycles. The number of anilines is 2. The molecule has 6 N–H and O–H groups in total. The second-order valence-corrected chi connectivity index (χ2v) is 19.3. The molecule has 7 rings (SSSR count). The van der Waals surface area contributed by atoms with Crippen LogP contribution in [0.5, 0.6) is 5.75 Å². The number of rotatable bonds is 28. The van der Waals surface area contributed by atoms with Crippen molar-refractivity contribution in [3.05, 3.63) is 138 Å². The van der Waals surface area contributed by atoms with E-state index in [1.165, 1.54) is 30.6 Å². The summed E-state index contributed by atoms with van der Waals surface area (Å²) in [6.07, 6.45) is 2.18. The van der Waals surface area contributed by atoms with Crippen LogP contribution in [0.1, 0.15) is 79.3 Å². The third-order valence-electron chi connectivity index (χ3n) is 13.9. The Kier molecular flexibility index (Phi) is 22.5. The number of alkyl halides is 3. The van der Waals surface area contributed by atoms with Gasteiger partial charge in [0.1, 0.15) is 36.0 Å². The van der Waals surface area contributed by atoms with Crippen LogP contribution in [-0.2, 0) is 33.4 Å². The number of likely N-dealkylation sites (tertiary alicyclic amines) is 1. The number of hydrogen-bond acceptors (Lipinski definition) is 13. The third kappa shape index (κ3) is 18.0. The number of nitrogens with zero attached hydrogens (tertiary/aromatic N) is 3.